The summed E-state index contributed by atoms with van der Waals surface area (Å²) in [6.07, 6.45) is 3.30. The lowest BCUT2D eigenvalue weighted by Crippen LogP contribution is -2.15. The summed E-state index contributed by atoms with van der Waals surface area (Å²) < 4.78 is 5.45. The average molecular weight is 277 g/mol. The number of rotatable bonds is 3. The molecule has 3 nitrogen and oxygen atoms in total. The van der Waals surface area contributed by atoms with E-state index in [0.29, 0.717) is 5.02 Å². The van der Waals surface area contributed by atoms with E-state index in [9.17, 15) is 0 Å². The molecule has 2 N–H and O–H groups in total. The third-order valence-electron chi connectivity index (χ3n) is 3.16. The third-order valence-corrected chi connectivity index (χ3v) is 3.48. The summed E-state index contributed by atoms with van der Waals surface area (Å²) in [4.78, 5) is 3.98. The molecular weight excluding hydrogens is 260 g/mol. The number of halogens is 1. The van der Waals surface area contributed by atoms with Gasteiger partial charge in [0.25, 0.3) is 0 Å². The fourth-order valence-electron chi connectivity index (χ4n) is 2.30. The Bertz CT molecular complexity index is 599. The predicted molar refractivity (Wildman–Crippen MR) is 77.7 cm³/mol. The molecule has 1 heterocycles. The minimum absolute atomic E-state index is 0.328. The lowest BCUT2D eigenvalue weighted by Gasteiger charge is -2.20. The fraction of sp³-hybridized carbons (Fsp3) is 0.267. The number of hydrogen-bond donors (Lipinski definition) is 1. The van der Waals surface area contributed by atoms with E-state index in [4.69, 9.17) is 22.1 Å². The number of methoxy groups -OCH3 is 1. The highest BCUT2D eigenvalue weighted by molar-refractivity contribution is 6.31. The molecule has 0 aliphatic rings. The summed E-state index contributed by atoms with van der Waals surface area (Å²) in [6, 6.07) is 5.58. The Kier molecular flexibility index (Phi) is 4.08. The van der Waals surface area contributed by atoms with E-state index in [2.05, 4.69) is 11.1 Å². The van der Waals surface area contributed by atoms with E-state index in [1.807, 2.05) is 26.0 Å². The van der Waals surface area contributed by atoms with Crippen molar-refractivity contribution in [3.05, 3.63) is 57.9 Å². The highest BCUT2D eigenvalue weighted by atomic mass is 35.5. The van der Waals surface area contributed by atoms with Gasteiger partial charge in [-0.2, -0.15) is 0 Å². The van der Waals surface area contributed by atoms with Crippen LogP contribution >= 0.6 is 11.6 Å². The Hall–Kier alpha value is -1.58. The van der Waals surface area contributed by atoms with Gasteiger partial charge in [-0.05, 0) is 42.7 Å². The standard InChI is InChI=1S/C15H17ClN2O/c1-9-6-10(2)14(13(7-9)19-3)15(17)11-4-5-18-8-12(11)16/h4-8,15H,17H2,1-3H3. The van der Waals surface area contributed by atoms with Crippen LogP contribution in [-0.2, 0) is 0 Å². The molecule has 0 aliphatic heterocycles. The first-order chi connectivity index (χ1) is 9.04. The summed E-state index contributed by atoms with van der Waals surface area (Å²) in [5.41, 5.74) is 10.4. The number of aromatic nitrogens is 1. The molecule has 2 aromatic rings. The molecule has 0 radical (unpaired) electrons. The van der Waals surface area contributed by atoms with Crippen LogP contribution in [-0.4, -0.2) is 12.1 Å². The molecule has 0 aliphatic carbocycles. The molecule has 100 valence electrons. The average Bonchev–Trinajstić information content (AvgIpc) is 2.37. The Labute approximate surface area is 118 Å². The van der Waals surface area contributed by atoms with Crippen LogP contribution in [0.5, 0.6) is 5.75 Å². The monoisotopic (exact) mass is 276 g/mol. The van der Waals surface area contributed by atoms with Crippen LogP contribution in [0.3, 0.4) is 0 Å². The van der Waals surface area contributed by atoms with Gasteiger partial charge in [0, 0.05) is 18.0 Å². The minimum atomic E-state index is -0.328. The van der Waals surface area contributed by atoms with Gasteiger partial charge in [0.1, 0.15) is 5.75 Å². The molecule has 0 saturated carbocycles. The third kappa shape index (κ3) is 2.72. The van der Waals surface area contributed by atoms with E-state index in [-0.39, 0.29) is 6.04 Å². The molecule has 0 amide bonds. The molecule has 2 rings (SSSR count). The van der Waals surface area contributed by atoms with Crippen molar-refractivity contribution < 1.29 is 4.74 Å². The maximum Gasteiger partial charge on any atom is 0.124 e. The molecule has 0 spiro atoms. The number of hydrogen-bond acceptors (Lipinski definition) is 3. The number of aryl methyl sites for hydroxylation is 2. The largest absolute Gasteiger partial charge is 0.496 e. The number of pyridine rings is 1. The number of nitrogens with two attached hydrogens (primary N) is 1. The highest BCUT2D eigenvalue weighted by Gasteiger charge is 2.19. The van der Waals surface area contributed by atoms with Crippen LogP contribution in [0.2, 0.25) is 5.02 Å². The highest BCUT2D eigenvalue weighted by Crippen LogP contribution is 2.34. The first-order valence-electron chi connectivity index (χ1n) is 6.04. The summed E-state index contributed by atoms with van der Waals surface area (Å²) in [5, 5.41) is 0.567. The van der Waals surface area contributed by atoms with Crippen LogP contribution in [0, 0.1) is 13.8 Å². The van der Waals surface area contributed by atoms with Gasteiger partial charge in [0.2, 0.25) is 0 Å². The molecule has 1 aromatic heterocycles. The molecule has 0 fully saturated rings. The predicted octanol–water partition coefficient (Wildman–Crippen LogP) is 3.41. The van der Waals surface area contributed by atoms with Crippen molar-refractivity contribution in [3.8, 4) is 5.75 Å². The van der Waals surface area contributed by atoms with Crippen molar-refractivity contribution in [2.75, 3.05) is 7.11 Å². The van der Waals surface area contributed by atoms with Gasteiger partial charge in [-0.3, -0.25) is 4.98 Å². The summed E-state index contributed by atoms with van der Waals surface area (Å²) in [6.45, 7) is 4.06. The lowest BCUT2D eigenvalue weighted by molar-refractivity contribution is 0.407. The number of ether oxygens (including phenoxy) is 1. The van der Waals surface area contributed by atoms with E-state index in [0.717, 1.165) is 28.0 Å². The second-order valence-corrected chi connectivity index (χ2v) is 4.98. The maximum atomic E-state index is 6.35. The zero-order valence-corrected chi connectivity index (χ0v) is 12.0. The van der Waals surface area contributed by atoms with E-state index in [1.54, 1.807) is 19.5 Å². The van der Waals surface area contributed by atoms with Gasteiger partial charge in [-0.15, -0.1) is 0 Å². The summed E-state index contributed by atoms with van der Waals surface area (Å²) in [7, 11) is 1.65. The number of nitrogens with zero attached hydrogens (tertiary/aromatic N) is 1. The van der Waals surface area contributed by atoms with Crippen LogP contribution in [0.1, 0.15) is 28.3 Å². The van der Waals surface area contributed by atoms with Gasteiger partial charge >= 0.3 is 0 Å². The smallest absolute Gasteiger partial charge is 0.124 e. The van der Waals surface area contributed by atoms with Crippen LogP contribution < -0.4 is 10.5 Å². The Balaban J connectivity index is 2.56. The second-order valence-electron chi connectivity index (χ2n) is 4.57. The van der Waals surface area contributed by atoms with E-state index >= 15 is 0 Å². The van der Waals surface area contributed by atoms with Crippen molar-refractivity contribution in [1.82, 2.24) is 4.98 Å². The Morgan fingerprint density at radius 2 is 2.05 bits per heavy atom. The molecule has 4 heteroatoms. The molecule has 0 bridgehead atoms. The van der Waals surface area contributed by atoms with Crippen molar-refractivity contribution in [1.29, 1.82) is 0 Å². The molecule has 1 unspecified atom stereocenters. The fourth-order valence-corrected chi connectivity index (χ4v) is 2.54. The Morgan fingerprint density at radius 1 is 1.32 bits per heavy atom. The van der Waals surface area contributed by atoms with Gasteiger partial charge in [0.15, 0.2) is 0 Å². The second kappa shape index (κ2) is 5.59. The maximum absolute atomic E-state index is 6.35. The zero-order valence-electron chi connectivity index (χ0n) is 11.3. The van der Waals surface area contributed by atoms with Crippen molar-refractivity contribution in [3.63, 3.8) is 0 Å². The van der Waals surface area contributed by atoms with Crippen LogP contribution in [0.4, 0.5) is 0 Å². The van der Waals surface area contributed by atoms with Gasteiger partial charge < -0.3 is 10.5 Å². The van der Waals surface area contributed by atoms with Gasteiger partial charge in [-0.1, -0.05) is 17.7 Å². The number of benzene rings is 1. The normalized spacial score (nSPS) is 12.3. The van der Waals surface area contributed by atoms with Gasteiger partial charge in [-0.25, -0.2) is 0 Å². The first-order valence-corrected chi connectivity index (χ1v) is 6.42. The zero-order chi connectivity index (χ0) is 14.0. The molecule has 1 aromatic carbocycles. The molecule has 1 atom stereocenters. The van der Waals surface area contributed by atoms with Crippen molar-refractivity contribution >= 4 is 11.6 Å². The van der Waals surface area contributed by atoms with Gasteiger partial charge in [0.05, 0.1) is 18.2 Å². The van der Waals surface area contributed by atoms with Crippen LogP contribution in [0.25, 0.3) is 0 Å². The van der Waals surface area contributed by atoms with E-state index in [1.165, 1.54) is 0 Å². The van der Waals surface area contributed by atoms with Crippen molar-refractivity contribution in [2.24, 2.45) is 5.73 Å². The molecular formula is C15H17ClN2O. The first kappa shape index (κ1) is 13.8. The summed E-state index contributed by atoms with van der Waals surface area (Å²) in [5.74, 6) is 0.790. The SMILES string of the molecule is COc1cc(C)cc(C)c1C(N)c1ccncc1Cl. The quantitative estimate of drug-likeness (QED) is 0.935. The Morgan fingerprint density at radius 3 is 2.68 bits per heavy atom. The molecule has 19 heavy (non-hydrogen) atoms. The van der Waals surface area contributed by atoms with E-state index < -0.39 is 0 Å². The summed E-state index contributed by atoms with van der Waals surface area (Å²) >= 11 is 6.16. The molecule has 0 saturated heterocycles. The van der Waals surface area contributed by atoms with Crippen molar-refractivity contribution in [2.45, 2.75) is 19.9 Å². The topological polar surface area (TPSA) is 48.1 Å². The minimum Gasteiger partial charge on any atom is -0.496 e. The lowest BCUT2D eigenvalue weighted by atomic mass is 9.94. The van der Waals surface area contributed by atoms with Crippen LogP contribution in [0.15, 0.2) is 30.6 Å².